The summed E-state index contributed by atoms with van der Waals surface area (Å²) in [5.74, 6) is -1.14. The molecule has 0 saturated carbocycles. The largest absolute Gasteiger partial charge is 0.477 e. The fraction of sp³-hybridized carbons (Fsp3) is 0. The van der Waals surface area contributed by atoms with Crippen molar-refractivity contribution in [2.75, 3.05) is 0 Å². The average Bonchev–Trinajstić information content (AvgIpc) is 2.08. The Balaban J connectivity index is 2.92. The van der Waals surface area contributed by atoms with Crippen molar-refractivity contribution in [3.63, 3.8) is 0 Å². The molecule has 0 amide bonds. The Labute approximate surface area is 85.4 Å². The maximum absolute atomic E-state index is 10.3. The van der Waals surface area contributed by atoms with Gasteiger partial charge in [0.15, 0.2) is 0 Å². The van der Waals surface area contributed by atoms with Crippen LogP contribution in [-0.4, -0.2) is 11.1 Å². The first-order valence-corrected chi connectivity index (χ1v) is 4.21. The lowest BCUT2D eigenvalue weighted by Gasteiger charge is -1.94. The maximum Gasteiger partial charge on any atom is 0.347 e. The molecule has 0 aliphatic heterocycles. The van der Waals surface area contributed by atoms with E-state index in [0.29, 0.717) is 10.6 Å². The van der Waals surface area contributed by atoms with E-state index in [1.807, 2.05) is 0 Å². The summed E-state index contributed by atoms with van der Waals surface area (Å²) >= 11 is 11.1. The smallest absolute Gasteiger partial charge is 0.347 e. The van der Waals surface area contributed by atoms with Gasteiger partial charge in [-0.2, -0.15) is 0 Å². The summed E-state index contributed by atoms with van der Waals surface area (Å²) in [6.07, 6.45) is 1.36. The SMILES string of the molecule is O=C(O)/C(Cl)=C\c1ccc(Cl)cc1. The van der Waals surface area contributed by atoms with E-state index in [0.717, 1.165) is 0 Å². The molecule has 0 aromatic heterocycles. The number of carbonyl (C=O) groups is 1. The van der Waals surface area contributed by atoms with E-state index in [4.69, 9.17) is 28.3 Å². The van der Waals surface area contributed by atoms with Crippen molar-refractivity contribution in [1.82, 2.24) is 0 Å². The fourth-order valence-corrected chi connectivity index (χ4v) is 1.02. The predicted octanol–water partition coefficient (Wildman–Crippen LogP) is 3.00. The Bertz CT molecular complexity index is 341. The highest BCUT2D eigenvalue weighted by Crippen LogP contribution is 2.14. The van der Waals surface area contributed by atoms with E-state index < -0.39 is 5.97 Å². The van der Waals surface area contributed by atoms with E-state index in [9.17, 15) is 4.79 Å². The first-order chi connectivity index (χ1) is 6.09. The average molecular weight is 217 g/mol. The molecule has 0 atom stereocenters. The Hall–Kier alpha value is -0.990. The highest BCUT2D eigenvalue weighted by molar-refractivity contribution is 6.43. The normalized spacial score (nSPS) is 11.4. The summed E-state index contributed by atoms with van der Waals surface area (Å²) in [7, 11) is 0. The van der Waals surface area contributed by atoms with Crippen LogP contribution >= 0.6 is 23.2 Å². The molecule has 0 bridgehead atoms. The van der Waals surface area contributed by atoms with E-state index >= 15 is 0 Å². The minimum atomic E-state index is -1.14. The molecule has 0 fully saturated rings. The third kappa shape index (κ3) is 3.09. The van der Waals surface area contributed by atoms with Crippen molar-refractivity contribution in [1.29, 1.82) is 0 Å². The van der Waals surface area contributed by atoms with Crippen LogP contribution in [0.25, 0.3) is 6.08 Å². The van der Waals surface area contributed by atoms with Crippen LogP contribution in [0, 0.1) is 0 Å². The summed E-state index contributed by atoms with van der Waals surface area (Å²) < 4.78 is 0. The number of rotatable bonds is 2. The second kappa shape index (κ2) is 4.30. The minimum absolute atomic E-state index is 0.220. The third-order valence-electron chi connectivity index (χ3n) is 1.37. The van der Waals surface area contributed by atoms with Crippen LogP contribution in [-0.2, 0) is 4.79 Å². The lowest BCUT2D eigenvalue weighted by atomic mass is 10.2. The molecule has 0 spiro atoms. The standard InChI is InChI=1S/C9H6Cl2O2/c10-7-3-1-6(2-4-7)5-8(11)9(12)13/h1-5H,(H,12,13)/b8-5+. The van der Waals surface area contributed by atoms with Gasteiger partial charge in [-0.25, -0.2) is 4.79 Å². The monoisotopic (exact) mass is 216 g/mol. The van der Waals surface area contributed by atoms with Gasteiger partial charge in [0.05, 0.1) is 0 Å². The van der Waals surface area contributed by atoms with Crippen LogP contribution < -0.4 is 0 Å². The van der Waals surface area contributed by atoms with E-state index in [2.05, 4.69) is 0 Å². The quantitative estimate of drug-likeness (QED) is 0.773. The van der Waals surface area contributed by atoms with Crippen molar-refractivity contribution in [3.05, 3.63) is 39.9 Å². The number of aliphatic carboxylic acids is 1. The minimum Gasteiger partial charge on any atom is -0.477 e. The van der Waals surface area contributed by atoms with Gasteiger partial charge in [0.25, 0.3) is 0 Å². The highest BCUT2D eigenvalue weighted by Gasteiger charge is 2.01. The molecule has 13 heavy (non-hydrogen) atoms. The van der Waals surface area contributed by atoms with E-state index in [-0.39, 0.29) is 5.03 Å². The third-order valence-corrected chi connectivity index (χ3v) is 1.89. The van der Waals surface area contributed by atoms with Crippen LogP contribution in [0.15, 0.2) is 29.3 Å². The van der Waals surface area contributed by atoms with Gasteiger partial charge < -0.3 is 5.11 Å². The van der Waals surface area contributed by atoms with Crippen LogP contribution in [0.5, 0.6) is 0 Å². The molecule has 2 nitrogen and oxygen atoms in total. The van der Waals surface area contributed by atoms with Gasteiger partial charge in [-0.3, -0.25) is 0 Å². The number of hydrogen-bond acceptors (Lipinski definition) is 1. The van der Waals surface area contributed by atoms with Crippen LogP contribution in [0.2, 0.25) is 5.02 Å². The fourth-order valence-electron chi connectivity index (χ4n) is 0.767. The zero-order valence-electron chi connectivity index (χ0n) is 6.50. The first kappa shape index (κ1) is 10.1. The molecule has 1 rings (SSSR count). The van der Waals surface area contributed by atoms with E-state index in [1.54, 1.807) is 24.3 Å². The molecule has 4 heteroatoms. The summed E-state index contributed by atoms with van der Waals surface area (Å²) in [4.78, 5) is 10.3. The molecule has 68 valence electrons. The summed E-state index contributed by atoms with van der Waals surface area (Å²) in [6, 6.07) is 6.71. The number of carboxylic acids is 1. The summed E-state index contributed by atoms with van der Waals surface area (Å²) in [5.41, 5.74) is 0.705. The number of hydrogen-bond donors (Lipinski definition) is 1. The lowest BCUT2D eigenvalue weighted by Crippen LogP contribution is -1.92. The lowest BCUT2D eigenvalue weighted by molar-refractivity contribution is -0.131. The topological polar surface area (TPSA) is 37.3 Å². The van der Waals surface area contributed by atoms with Gasteiger partial charge in [0.1, 0.15) is 5.03 Å². The van der Waals surface area contributed by atoms with Crippen LogP contribution in [0.3, 0.4) is 0 Å². The molecular formula is C9H6Cl2O2. The molecule has 0 radical (unpaired) electrons. The predicted molar refractivity (Wildman–Crippen MR) is 52.9 cm³/mol. The first-order valence-electron chi connectivity index (χ1n) is 3.45. The second-order valence-corrected chi connectivity index (χ2v) is 3.19. The molecule has 0 aliphatic carbocycles. The Morgan fingerprint density at radius 3 is 2.31 bits per heavy atom. The Morgan fingerprint density at radius 2 is 1.85 bits per heavy atom. The molecule has 1 aromatic rings. The van der Waals surface area contributed by atoms with Crippen molar-refractivity contribution >= 4 is 35.2 Å². The summed E-state index contributed by atoms with van der Waals surface area (Å²) in [6.45, 7) is 0. The second-order valence-electron chi connectivity index (χ2n) is 2.35. The number of carboxylic acid groups (broad SMARTS) is 1. The molecule has 1 N–H and O–H groups in total. The molecule has 1 aromatic carbocycles. The van der Waals surface area contributed by atoms with Crippen molar-refractivity contribution < 1.29 is 9.90 Å². The molecule has 0 unspecified atom stereocenters. The molecule has 0 aliphatic rings. The van der Waals surface area contributed by atoms with E-state index in [1.165, 1.54) is 6.08 Å². The van der Waals surface area contributed by atoms with Crippen LogP contribution in [0.4, 0.5) is 0 Å². The molecular weight excluding hydrogens is 211 g/mol. The Kier molecular flexibility index (Phi) is 3.34. The summed E-state index contributed by atoms with van der Waals surface area (Å²) in [5, 5.41) is 8.85. The molecule has 0 heterocycles. The number of benzene rings is 1. The van der Waals surface area contributed by atoms with Gasteiger partial charge in [0, 0.05) is 5.02 Å². The highest BCUT2D eigenvalue weighted by atomic mass is 35.5. The van der Waals surface area contributed by atoms with Gasteiger partial charge in [-0.15, -0.1) is 0 Å². The Morgan fingerprint density at radius 1 is 1.31 bits per heavy atom. The zero-order chi connectivity index (χ0) is 9.84. The van der Waals surface area contributed by atoms with Gasteiger partial charge in [-0.05, 0) is 23.8 Å². The molecule has 0 saturated heterocycles. The zero-order valence-corrected chi connectivity index (χ0v) is 8.01. The van der Waals surface area contributed by atoms with Gasteiger partial charge in [0.2, 0.25) is 0 Å². The maximum atomic E-state index is 10.3. The van der Waals surface area contributed by atoms with Gasteiger partial charge in [-0.1, -0.05) is 35.3 Å². The van der Waals surface area contributed by atoms with Crippen LogP contribution in [0.1, 0.15) is 5.56 Å². The van der Waals surface area contributed by atoms with Gasteiger partial charge >= 0.3 is 5.97 Å². The van der Waals surface area contributed by atoms with Crippen molar-refractivity contribution in [2.45, 2.75) is 0 Å². The van der Waals surface area contributed by atoms with Crippen molar-refractivity contribution in [3.8, 4) is 0 Å². The number of halogens is 2. The van der Waals surface area contributed by atoms with Crippen molar-refractivity contribution in [2.24, 2.45) is 0 Å².